The topological polar surface area (TPSA) is 22.4 Å². The third-order valence-electron chi connectivity index (χ3n) is 3.15. The van der Waals surface area contributed by atoms with Crippen molar-refractivity contribution in [3.8, 4) is 28.2 Å². The first kappa shape index (κ1) is 12.5. The summed E-state index contributed by atoms with van der Waals surface area (Å²) in [6.07, 6.45) is 1.62. The third kappa shape index (κ3) is 2.30. The van der Waals surface area contributed by atoms with Crippen LogP contribution in [0.4, 0.5) is 4.39 Å². The molecule has 3 aromatic rings. The van der Waals surface area contributed by atoms with Gasteiger partial charge in [-0.2, -0.15) is 0 Å². The summed E-state index contributed by atoms with van der Waals surface area (Å²) in [4.78, 5) is 0. The lowest BCUT2D eigenvalue weighted by Gasteiger charge is -2.10. The molecule has 100 valence electrons. The molecule has 0 saturated heterocycles. The molecule has 0 aliphatic rings. The number of furan rings is 1. The average molecular weight is 268 g/mol. The van der Waals surface area contributed by atoms with Crippen LogP contribution in [-0.4, -0.2) is 7.11 Å². The molecule has 0 saturated carbocycles. The van der Waals surface area contributed by atoms with E-state index in [1.807, 2.05) is 36.4 Å². The second kappa shape index (κ2) is 5.21. The lowest BCUT2D eigenvalue weighted by molar-refractivity contribution is 0.415. The zero-order chi connectivity index (χ0) is 13.9. The van der Waals surface area contributed by atoms with E-state index in [0.717, 1.165) is 28.2 Å². The van der Waals surface area contributed by atoms with Gasteiger partial charge in [-0.25, -0.2) is 4.39 Å². The molecular weight excluding hydrogens is 255 g/mol. The minimum absolute atomic E-state index is 0.268. The largest absolute Gasteiger partial charge is 0.497 e. The van der Waals surface area contributed by atoms with Crippen LogP contribution in [0.2, 0.25) is 0 Å². The van der Waals surface area contributed by atoms with Gasteiger partial charge in [0, 0.05) is 5.56 Å². The fraction of sp³-hybridized carbons (Fsp3) is 0.0588. The molecule has 2 aromatic carbocycles. The van der Waals surface area contributed by atoms with Gasteiger partial charge in [0.1, 0.15) is 17.3 Å². The van der Waals surface area contributed by atoms with Crippen molar-refractivity contribution >= 4 is 0 Å². The Morgan fingerprint density at radius 3 is 2.55 bits per heavy atom. The Morgan fingerprint density at radius 2 is 1.85 bits per heavy atom. The van der Waals surface area contributed by atoms with Gasteiger partial charge in [0.05, 0.1) is 13.4 Å². The summed E-state index contributed by atoms with van der Waals surface area (Å²) < 4.78 is 24.2. The first-order valence-electron chi connectivity index (χ1n) is 6.26. The van der Waals surface area contributed by atoms with Gasteiger partial charge in [-0.05, 0) is 53.6 Å². The highest BCUT2D eigenvalue weighted by Crippen LogP contribution is 2.35. The van der Waals surface area contributed by atoms with Crippen LogP contribution in [0, 0.1) is 5.82 Å². The average Bonchev–Trinajstić information content (AvgIpc) is 3.00. The molecule has 0 fully saturated rings. The zero-order valence-corrected chi connectivity index (χ0v) is 11.0. The van der Waals surface area contributed by atoms with Crippen LogP contribution < -0.4 is 4.74 Å². The Labute approximate surface area is 116 Å². The minimum Gasteiger partial charge on any atom is -0.497 e. The molecule has 0 aliphatic carbocycles. The molecule has 2 nitrogen and oxygen atoms in total. The Morgan fingerprint density at radius 1 is 0.950 bits per heavy atom. The van der Waals surface area contributed by atoms with Gasteiger partial charge in [0.25, 0.3) is 0 Å². The van der Waals surface area contributed by atoms with Gasteiger partial charge in [0.15, 0.2) is 0 Å². The smallest absolute Gasteiger partial charge is 0.134 e. The standard InChI is InChI=1S/C17H13FO2/c1-19-14-7-8-15(17-6-3-9-20-17)16(11-14)12-4-2-5-13(18)10-12/h2-11H,1H3. The van der Waals surface area contributed by atoms with Crippen molar-refractivity contribution in [3.63, 3.8) is 0 Å². The second-order valence-electron chi connectivity index (χ2n) is 4.40. The van der Waals surface area contributed by atoms with E-state index in [-0.39, 0.29) is 5.82 Å². The maximum absolute atomic E-state index is 13.5. The fourth-order valence-corrected chi connectivity index (χ4v) is 2.19. The van der Waals surface area contributed by atoms with Gasteiger partial charge < -0.3 is 9.15 Å². The van der Waals surface area contributed by atoms with Crippen molar-refractivity contribution in [1.82, 2.24) is 0 Å². The molecule has 3 rings (SSSR count). The predicted molar refractivity (Wildman–Crippen MR) is 76.1 cm³/mol. The van der Waals surface area contributed by atoms with Crippen LogP contribution in [0.1, 0.15) is 0 Å². The van der Waals surface area contributed by atoms with E-state index in [9.17, 15) is 4.39 Å². The summed E-state index contributed by atoms with van der Waals surface area (Å²) in [5.74, 6) is 1.20. The molecule has 0 N–H and O–H groups in total. The van der Waals surface area contributed by atoms with Crippen molar-refractivity contribution in [2.45, 2.75) is 0 Å². The van der Waals surface area contributed by atoms with Crippen LogP contribution in [0.15, 0.2) is 65.3 Å². The van der Waals surface area contributed by atoms with Crippen molar-refractivity contribution < 1.29 is 13.5 Å². The highest BCUT2D eigenvalue weighted by molar-refractivity contribution is 5.82. The van der Waals surface area contributed by atoms with Crippen molar-refractivity contribution in [3.05, 3.63) is 66.7 Å². The van der Waals surface area contributed by atoms with Crippen molar-refractivity contribution in [2.75, 3.05) is 7.11 Å². The number of benzene rings is 2. The minimum atomic E-state index is -0.268. The first-order valence-corrected chi connectivity index (χ1v) is 6.26. The molecule has 0 radical (unpaired) electrons. The third-order valence-corrected chi connectivity index (χ3v) is 3.15. The van der Waals surface area contributed by atoms with Crippen LogP contribution >= 0.6 is 0 Å². The van der Waals surface area contributed by atoms with Crippen molar-refractivity contribution in [2.24, 2.45) is 0 Å². The molecule has 0 spiro atoms. The highest BCUT2D eigenvalue weighted by Gasteiger charge is 2.11. The first-order chi connectivity index (χ1) is 9.78. The lowest BCUT2D eigenvalue weighted by Crippen LogP contribution is -1.88. The maximum atomic E-state index is 13.5. The van der Waals surface area contributed by atoms with Gasteiger partial charge in [-0.1, -0.05) is 12.1 Å². The molecule has 3 heteroatoms. The summed E-state index contributed by atoms with van der Waals surface area (Å²) in [7, 11) is 1.61. The summed E-state index contributed by atoms with van der Waals surface area (Å²) in [6, 6.07) is 15.8. The van der Waals surface area contributed by atoms with E-state index in [1.54, 1.807) is 19.4 Å². The maximum Gasteiger partial charge on any atom is 0.134 e. The number of methoxy groups -OCH3 is 1. The van der Waals surface area contributed by atoms with E-state index < -0.39 is 0 Å². The Hall–Kier alpha value is -2.55. The zero-order valence-electron chi connectivity index (χ0n) is 11.0. The molecule has 0 aliphatic heterocycles. The molecule has 0 atom stereocenters. The monoisotopic (exact) mass is 268 g/mol. The summed E-state index contributed by atoms with van der Waals surface area (Å²) in [6.45, 7) is 0. The van der Waals surface area contributed by atoms with Crippen LogP contribution in [0.3, 0.4) is 0 Å². The molecule has 20 heavy (non-hydrogen) atoms. The van der Waals surface area contributed by atoms with Gasteiger partial charge >= 0.3 is 0 Å². The summed E-state index contributed by atoms with van der Waals surface area (Å²) in [5.41, 5.74) is 2.57. The number of rotatable bonds is 3. The summed E-state index contributed by atoms with van der Waals surface area (Å²) >= 11 is 0. The molecular formula is C17H13FO2. The number of ether oxygens (including phenoxy) is 1. The Bertz CT molecular complexity index is 718. The van der Waals surface area contributed by atoms with Crippen LogP contribution in [0.5, 0.6) is 5.75 Å². The molecule has 1 heterocycles. The van der Waals surface area contributed by atoms with Crippen molar-refractivity contribution in [1.29, 1.82) is 0 Å². The highest BCUT2D eigenvalue weighted by atomic mass is 19.1. The van der Waals surface area contributed by atoms with Crippen LogP contribution in [0.25, 0.3) is 22.5 Å². The van der Waals surface area contributed by atoms with E-state index >= 15 is 0 Å². The van der Waals surface area contributed by atoms with Gasteiger partial charge in [0.2, 0.25) is 0 Å². The van der Waals surface area contributed by atoms with Gasteiger partial charge in [-0.15, -0.1) is 0 Å². The van der Waals surface area contributed by atoms with Crippen LogP contribution in [-0.2, 0) is 0 Å². The molecule has 0 bridgehead atoms. The van der Waals surface area contributed by atoms with Gasteiger partial charge in [-0.3, -0.25) is 0 Å². The Balaban J connectivity index is 2.21. The molecule has 1 aromatic heterocycles. The predicted octanol–water partition coefficient (Wildman–Crippen LogP) is 4.76. The lowest BCUT2D eigenvalue weighted by atomic mass is 9.97. The van der Waals surface area contributed by atoms with E-state index in [4.69, 9.17) is 9.15 Å². The normalized spacial score (nSPS) is 10.5. The molecule has 0 unspecified atom stereocenters. The molecule has 0 amide bonds. The summed E-state index contributed by atoms with van der Waals surface area (Å²) in [5, 5.41) is 0. The van der Waals surface area contributed by atoms with E-state index in [2.05, 4.69) is 0 Å². The Kier molecular flexibility index (Phi) is 3.25. The quantitative estimate of drug-likeness (QED) is 0.683. The number of hydrogen-bond acceptors (Lipinski definition) is 2. The number of hydrogen-bond donors (Lipinski definition) is 0. The number of halogens is 1. The van der Waals surface area contributed by atoms with E-state index in [1.165, 1.54) is 12.1 Å². The van der Waals surface area contributed by atoms with E-state index in [0.29, 0.717) is 0 Å². The second-order valence-corrected chi connectivity index (χ2v) is 4.40. The fourth-order valence-electron chi connectivity index (χ4n) is 2.19. The SMILES string of the molecule is COc1ccc(-c2ccco2)c(-c2cccc(F)c2)c1.